The summed E-state index contributed by atoms with van der Waals surface area (Å²) in [7, 11) is -2.07. The molecule has 1 unspecified atom stereocenters. The average Bonchev–Trinajstić information content (AvgIpc) is 2.06. The van der Waals surface area contributed by atoms with Crippen molar-refractivity contribution in [3.63, 3.8) is 0 Å². The van der Waals surface area contributed by atoms with E-state index in [0.29, 0.717) is 5.75 Å². The Labute approximate surface area is 71.0 Å². The highest BCUT2D eigenvalue weighted by Crippen LogP contribution is 2.26. The second kappa shape index (κ2) is 4.42. The highest BCUT2D eigenvalue weighted by Gasteiger charge is 1.96. The minimum absolute atomic E-state index is 0.0690. The van der Waals surface area contributed by atoms with Gasteiger partial charge in [0.25, 0.3) is 8.03 Å². The number of hydrogen-bond donors (Lipinski definition) is 0. The van der Waals surface area contributed by atoms with Crippen LogP contribution in [0.2, 0.25) is 0 Å². The van der Waals surface area contributed by atoms with E-state index in [2.05, 4.69) is 0 Å². The van der Waals surface area contributed by atoms with Crippen molar-refractivity contribution >= 4 is 19.6 Å². The van der Waals surface area contributed by atoms with Gasteiger partial charge in [0.15, 0.2) is 0 Å². The summed E-state index contributed by atoms with van der Waals surface area (Å²) in [4.78, 5) is 0. The molecule has 0 saturated heterocycles. The van der Waals surface area contributed by atoms with Gasteiger partial charge < -0.3 is 4.52 Å². The van der Waals surface area contributed by atoms with Crippen molar-refractivity contribution in [3.8, 4) is 5.75 Å². The van der Waals surface area contributed by atoms with Crippen molar-refractivity contribution in [2.45, 2.75) is 0 Å². The smallest absolute Gasteiger partial charge is 0.250 e. The maximum absolute atomic E-state index is 10.8. The number of alkyl halides is 1. The minimum atomic E-state index is -2.07. The molecule has 4 heteroatoms. The Kier molecular flexibility index (Phi) is 3.47. The van der Waals surface area contributed by atoms with Crippen LogP contribution in [0.25, 0.3) is 0 Å². The van der Waals surface area contributed by atoms with Gasteiger partial charge in [-0.1, -0.05) is 18.2 Å². The fraction of sp³-hybridized carbons (Fsp3) is 0.143. The Hall–Kier alpha value is -0.460. The summed E-state index contributed by atoms with van der Waals surface area (Å²) >= 11 is 5.31. The van der Waals surface area contributed by atoms with Crippen molar-refractivity contribution in [3.05, 3.63) is 30.3 Å². The fourth-order valence-corrected chi connectivity index (χ4v) is 1.26. The third-order valence-corrected chi connectivity index (χ3v) is 2.42. The van der Waals surface area contributed by atoms with Gasteiger partial charge in [0.05, 0.1) is 0 Å². The molecule has 0 saturated carbocycles. The van der Waals surface area contributed by atoms with E-state index in [0.717, 1.165) is 0 Å². The van der Waals surface area contributed by atoms with Gasteiger partial charge in [0, 0.05) is 0 Å². The molecule has 11 heavy (non-hydrogen) atoms. The van der Waals surface area contributed by atoms with Crippen LogP contribution in [0.4, 0.5) is 0 Å². The number of hydrogen-bond acceptors (Lipinski definition) is 2. The zero-order valence-corrected chi connectivity index (χ0v) is 7.54. The molecule has 0 fully saturated rings. The number of rotatable bonds is 3. The third-order valence-electron chi connectivity index (χ3n) is 1.08. The van der Waals surface area contributed by atoms with E-state index < -0.39 is 8.03 Å². The SMILES string of the molecule is O=[PH](CCl)Oc1ccccc1. The predicted molar refractivity (Wildman–Crippen MR) is 46.8 cm³/mol. The summed E-state index contributed by atoms with van der Waals surface area (Å²) in [5.74, 6) is 0.608. The lowest BCUT2D eigenvalue weighted by Crippen LogP contribution is -1.79. The lowest BCUT2D eigenvalue weighted by molar-refractivity contribution is 0.509. The second-order valence-corrected chi connectivity index (χ2v) is 3.94. The molecule has 0 aliphatic rings. The van der Waals surface area contributed by atoms with Gasteiger partial charge >= 0.3 is 0 Å². The summed E-state index contributed by atoms with van der Waals surface area (Å²) in [6, 6.07) is 8.99. The lowest BCUT2D eigenvalue weighted by Gasteiger charge is -2.01. The molecule has 0 amide bonds. The van der Waals surface area contributed by atoms with E-state index in [1.807, 2.05) is 18.2 Å². The highest BCUT2D eigenvalue weighted by atomic mass is 35.5. The highest BCUT2D eigenvalue weighted by molar-refractivity contribution is 7.41. The van der Waals surface area contributed by atoms with Crippen LogP contribution in [0.15, 0.2) is 30.3 Å². The van der Waals surface area contributed by atoms with Gasteiger partial charge in [0.1, 0.15) is 11.4 Å². The van der Waals surface area contributed by atoms with E-state index in [1.54, 1.807) is 12.1 Å². The van der Waals surface area contributed by atoms with Crippen LogP contribution in [0.5, 0.6) is 5.75 Å². The molecule has 0 spiro atoms. The zero-order valence-electron chi connectivity index (χ0n) is 5.79. The first-order valence-corrected chi connectivity index (χ1v) is 5.20. The molecule has 0 aliphatic heterocycles. The average molecular weight is 191 g/mol. The topological polar surface area (TPSA) is 26.3 Å². The quantitative estimate of drug-likeness (QED) is 0.541. The Morgan fingerprint density at radius 2 is 2.00 bits per heavy atom. The molecular formula is C7H8ClO2P. The van der Waals surface area contributed by atoms with E-state index >= 15 is 0 Å². The van der Waals surface area contributed by atoms with Crippen molar-refractivity contribution in [1.82, 2.24) is 0 Å². The minimum Gasteiger partial charge on any atom is -0.444 e. The van der Waals surface area contributed by atoms with Gasteiger partial charge in [-0.2, -0.15) is 0 Å². The first-order chi connectivity index (χ1) is 5.33. The number of para-hydroxylation sites is 1. The monoisotopic (exact) mass is 190 g/mol. The predicted octanol–water partition coefficient (Wildman–Crippen LogP) is 2.74. The van der Waals surface area contributed by atoms with Crippen LogP contribution in [0.3, 0.4) is 0 Å². The zero-order chi connectivity index (χ0) is 8.10. The van der Waals surface area contributed by atoms with Gasteiger partial charge in [-0.15, -0.1) is 11.6 Å². The summed E-state index contributed by atoms with van der Waals surface area (Å²) in [5, 5.41) is 0. The fourth-order valence-electron chi connectivity index (χ4n) is 0.647. The first kappa shape index (κ1) is 8.63. The Balaban J connectivity index is 2.58. The van der Waals surface area contributed by atoms with Gasteiger partial charge in [-0.05, 0) is 12.1 Å². The van der Waals surface area contributed by atoms with E-state index in [-0.39, 0.29) is 5.62 Å². The van der Waals surface area contributed by atoms with Crippen LogP contribution < -0.4 is 4.52 Å². The van der Waals surface area contributed by atoms with Crippen molar-refractivity contribution < 1.29 is 9.09 Å². The molecule has 0 N–H and O–H groups in total. The van der Waals surface area contributed by atoms with E-state index in [9.17, 15) is 4.57 Å². The number of halogens is 1. The normalized spacial score (nSPS) is 12.5. The molecular weight excluding hydrogens is 183 g/mol. The van der Waals surface area contributed by atoms with Crippen LogP contribution in [0, 0.1) is 0 Å². The standard InChI is InChI=1S/C7H8ClO2P/c8-6-11(9)10-7-4-2-1-3-5-7/h1-5,11H,6H2. The largest absolute Gasteiger partial charge is 0.444 e. The third kappa shape index (κ3) is 2.96. The summed E-state index contributed by atoms with van der Waals surface area (Å²) in [6.45, 7) is 0. The van der Waals surface area contributed by atoms with Crippen molar-refractivity contribution in [2.75, 3.05) is 5.62 Å². The molecule has 1 atom stereocenters. The molecule has 0 heterocycles. The summed E-state index contributed by atoms with van der Waals surface area (Å²) < 4.78 is 15.8. The van der Waals surface area contributed by atoms with Crippen molar-refractivity contribution in [2.24, 2.45) is 0 Å². The van der Waals surface area contributed by atoms with Gasteiger partial charge in [-0.3, -0.25) is 4.57 Å². The molecule has 1 rings (SSSR count). The van der Waals surface area contributed by atoms with Crippen LogP contribution in [0.1, 0.15) is 0 Å². The first-order valence-electron chi connectivity index (χ1n) is 3.14. The van der Waals surface area contributed by atoms with E-state index in [4.69, 9.17) is 16.1 Å². The Morgan fingerprint density at radius 1 is 1.36 bits per heavy atom. The Bertz CT molecular complexity index is 237. The lowest BCUT2D eigenvalue weighted by atomic mass is 10.3. The van der Waals surface area contributed by atoms with Gasteiger partial charge in [-0.25, -0.2) is 0 Å². The maximum Gasteiger partial charge on any atom is 0.250 e. The van der Waals surface area contributed by atoms with Crippen molar-refractivity contribution in [1.29, 1.82) is 0 Å². The summed E-state index contributed by atoms with van der Waals surface area (Å²) in [6.07, 6.45) is 0. The maximum atomic E-state index is 10.8. The molecule has 0 aliphatic carbocycles. The molecule has 60 valence electrons. The van der Waals surface area contributed by atoms with Crippen LogP contribution in [-0.4, -0.2) is 5.62 Å². The molecule has 1 aromatic rings. The number of benzene rings is 1. The second-order valence-electron chi connectivity index (χ2n) is 1.92. The van der Waals surface area contributed by atoms with Crippen LogP contribution in [-0.2, 0) is 4.57 Å². The molecule has 0 aromatic heterocycles. The molecule has 1 aromatic carbocycles. The Morgan fingerprint density at radius 3 is 2.55 bits per heavy atom. The summed E-state index contributed by atoms with van der Waals surface area (Å²) in [5.41, 5.74) is 0.0690. The molecule has 0 bridgehead atoms. The molecule has 2 nitrogen and oxygen atoms in total. The van der Waals surface area contributed by atoms with Crippen LogP contribution >= 0.6 is 19.6 Å². The van der Waals surface area contributed by atoms with Gasteiger partial charge in [0.2, 0.25) is 0 Å². The van der Waals surface area contributed by atoms with E-state index in [1.165, 1.54) is 0 Å². The molecule has 0 radical (unpaired) electrons.